The van der Waals surface area contributed by atoms with Gasteiger partial charge in [0.2, 0.25) is 11.8 Å². The molecule has 0 saturated carbocycles. The van der Waals surface area contributed by atoms with Crippen LogP contribution in [0.3, 0.4) is 0 Å². The number of thiophene rings is 7. The molecule has 0 N–H and O–H groups in total. The van der Waals surface area contributed by atoms with E-state index in [1.807, 2.05) is 129 Å². The summed E-state index contributed by atoms with van der Waals surface area (Å²) in [5.41, 5.74) is 11.0. The van der Waals surface area contributed by atoms with Gasteiger partial charge in [0.1, 0.15) is 0 Å². The highest BCUT2D eigenvalue weighted by Gasteiger charge is 2.29. The molecular formula is C84H98N2O4S7. The van der Waals surface area contributed by atoms with Crippen LogP contribution in [0.4, 0.5) is 0 Å². The van der Waals surface area contributed by atoms with Crippen molar-refractivity contribution in [3.8, 4) is 58.5 Å². The number of hydrogen-bond acceptors (Lipinski definition) is 13. The second-order valence-electron chi connectivity index (χ2n) is 26.3. The Kier molecular flexibility index (Phi) is 27.6. The third-order valence-electron chi connectivity index (χ3n) is 18.5. The molecule has 0 aliphatic carbocycles. The third kappa shape index (κ3) is 19.1. The number of rotatable bonds is 40. The van der Waals surface area contributed by atoms with Crippen LogP contribution in [-0.4, -0.2) is 23.7 Å². The van der Waals surface area contributed by atoms with Gasteiger partial charge in [-0.25, -0.2) is 19.6 Å². The van der Waals surface area contributed by atoms with Crippen molar-refractivity contribution in [1.29, 1.82) is 0 Å². The zero-order valence-corrected chi connectivity index (χ0v) is 63.9. The highest BCUT2D eigenvalue weighted by atomic mass is 32.1. The summed E-state index contributed by atoms with van der Waals surface area (Å²) in [6, 6.07) is 39.3. The van der Waals surface area contributed by atoms with E-state index in [1.54, 1.807) is 22.7 Å². The Hall–Kier alpha value is -5.90. The molecule has 9 aromatic rings. The van der Waals surface area contributed by atoms with Crippen molar-refractivity contribution >= 4 is 115 Å². The van der Waals surface area contributed by atoms with Crippen molar-refractivity contribution in [3.63, 3.8) is 0 Å². The lowest BCUT2D eigenvalue weighted by Gasteiger charge is -2.03. The van der Waals surface area contributed by atoms with Crippen LogP contribution in [0.25, 0.3) is 70.7 Å². The minimum atomic E-state index is -0.396. The molecule has 0 radical (unpaired) electrons. The minimum Gasteiger partial charge on any atom is -0.402 e. The maximum Gasteiger partial charge on any atom is 0.363 e. The fraction of sp³-hybridized carbons (Fsp3) is 0.429. The summed E-state index contributed by atoms with van der Waals surface area (Å²) < 4.78 is 11.5. The zero-order valence-electron chi connectivity index (χ0n) is 58.1. The van der Waals surface area contributed by atoms with Crippen LogP contribution >= 0.6 is 79.4 Å². The predicted molar refractivity (Wildman–Crippen MR) is 425 cm³/mol. The van der Waals surface area contributed by atoms with E-state index >= 15 is 0 Å². The SMILES string of the molecule is CCCCCCc1cc(/C=C2\N=C(c3ccccc3)OC2=O)sc1-c1cc(CCCCCC)c(-c2cc(CCCCCC)c(-c3ccc(-c4sc(-c5sc(-c6sc(/C=C7/N=C(c8ccccc8)OC7=O)cc6CCCCCC)cc5CCCCCC)cc4CCCCCC)s3)s2)s1. The van der Waals surface area contributed by atoms with Crippen molar-refractivity contribution < 1.29 is 19.1 Å². The summed E-state index contributed by atoms with van der Waals surface area (Å²) in [5, 5.41) is 0. The van der Waals surface area contributed by atoms with Gasteiger partial charge in [-0.1, -0.05) is 194 Å². The lowest BCUT2D eigenvalue weighted by molar-refractivity contribution is -0.130. The van der Waals surface area contributed by atoms with Crippen LogP contribution in [0.5, 0.6) is 0 Å². The fourth-order valence-corrected chi connectivity index (χ4v) is 22.1. The first-order valence-electron chi connectivity index (χ1n) is 36.7. The molecule has 0 amide bonds. The standard InChI is InChI=1S/C84H98N2O4S7/c1-7-13-19-27-41-59-49-65(55-67-83(87)89-81(85-67)57-37-33-25-34-38-57)91-77(59)71-53-63(45-31-23-17-11-5)79(96-71)73-51-61(43-29-21-15-9-3)75(94-73)69-47-48-70(93-69)76-62(44-30-22-16-10-4)52-74(95-76)80-64(46-32-24-18-12-6)54-72(97-80)78-60(42-28-20-14-8-2)50-66(92-78)56-68-84(88)90-82(86-68)58-39-35-26-36-40-58/h25-26,33-40,47-56H,7-24,27-32,41-46H2,1-6H3/b67-55-,68-56+. The molecule has 0 fully saturated rings. The van der Waals surface area contributed by atoms with E-state index < -0.39 is 11.9 Å². The molecule has 97 heavy (non-hydrogen) atoms. The molecule has 2 aromatic carbocycles. The van der Waals surface area contributed by atoms with Crippen LogP contribution in [0.1, 0.15) is 250 Å². The van der Waals surface area contributed by atoms with E-state index in [1.165, 1.54) is 233 Å². The second kappa shape index (κ2) is 37.0. The quantitative estimate of drug-likeness (QED) is 0.0218. The van der Waals surface area contributed by atoms with E-state index in [0.29, 0.717) is 23.2 Å². The van der Waals surface area contributed by atoms with Crippen molar-refractivity contribution in [3.05, 3.63) is 175 Å². The summed E-state index contributed by atoms with van der Waals surface area (Å²) in [7, 11) is 0. The molecule has 0 bridgehead atoms. The van der Waals surface area contributed by atoms with Crippen LogP contribution in [0, 0.1) is 0 Å². The van der Waals surface area contributed by atoms with Gasteiger partial charge in [0.15, 0.2) is 11.4 Å². The van der Waals surface area contributed by atoms with E-state index in [9.17, 15) is 9.59 Å². The van der Waals surface area contributed by atoms with Crippen molar-refractivity contribution in [1.82, 2.24) is 0 Å². The number of cyclic esters (lactones) is 2. The fourth-order valence-electron chi connectivity index (χ4n) is 13.1. The summed E-state index contributed by atoms with van der Waals surface area (Å²) in [6.07, 6.45) is 39.4. The predicted octanol–water partition coefficient (Wildman–Crippen LogP) is 27.5. The summed E-state index contributed by atoms with van der Waals surface area (Å²) >= 11 is 13.7. The van der Waals surface area contributed by atoms with Gasteiger partial charge in [-0.3, -0.25) is 0 Å². The Morgan fingerprint density at radius 3 is 0.856 bits per heavy atom. The van der Waals surface area contributed by atoms with Gasteiger partial charge in [0.05, 0.1) is 0 Å². The number of esters is 2. The molecule has 7 aromatic heterocycles. The first-order valence-corrected chi connectivity index (χ1v) is 42.4. The highest BCUT2D eigenvalue weighted by Crippen LogP contribution is 2.53. The Labute approximate surface area is 606 Å². The molecule has 9 heterocycles. The van der Waals surface area contributed by atoms with Gasteiger partial charge in [-0.15, -0.1) is 79.4 Å². The number of carbonyl (C=O) groups is 2. The maximum atomic E-state index is 13.4. The second-order valence-corrected chi connectivity index (χ2v) is 33.8. The topological polar surface area (TPSA) is 77.3 Å². The number of hydrogen-bond donors (Lipinski definition) is 0. The van der Waals surface area contributed by atoms with Crippen molar-refractivity contribution in [2.45, 2.75) is 234 Å². The van der Waals surface area contributed by atoms with E-state index in [4.69, 9.17) is 19.5 Å². The number of aryl methyl sites for hydroxylation is 6. The molecule has 0 unspecified atom stereocenters. The lowest BCUT2D eigenvalue weighted by Crippen LogP contribution is -2.04. The molecule has 0 spiro atoms. The molecule has 0 saturated heterocycles. The molecule has 2 aliphatic rings. The van der Waals surface area contributed by atoms with Gasteiger partial charge in [0, 0.05) is 79.4 Å². The molecule has 6 nitrogen and oxygen atoms in total. The van der Waals surface area contributed by atoms with Gasteiger partial charge < -0.3 is 9.47 Å². The van der Waals surface area contributed by atoms with Crippen molar-refractivity contribution in [2.24, 2.45) is 9.98 Å². The number of aliphatic imine (C=N–C) groups is 2. The van der Waals surface area contributed by atoms with E-state index in [-0.39, 0.29) is 0 Å². The Balaban J connectivity index is 0.958. The number of carbonyl (C=O) groups excluding carboxylic acids is 2. The Bertz CT molecular complexity index is 3890. The Morgan fingerprint density at radius 2 is 0.567 bits per heavy atom. The smallest absolute Gasteiger partial charge is 0.363 e. The molecule has 11 rings (SSSR count). The van der Waals surface area contributed by atoms with Crippen LogP contribution in [0.15, 0.2) is 131 Å². The largest absolute Gasteiger partial charge is 0.402 e. The van der Waals surface area contributed by atoms with Crippen LogP contribution in [0.2, 0.25) is 0 Å². The number of benzene rings is 2. The third-order valence-corrected chi connectivity index (χ3v) is 27.6. The molecular weight excluding hydrogens is 1330 g/mol. The molecule has 13 heteroatoms. The molecule has 510 valence electrons. The Morgan fingerprint density at radius 1 is 0.299 bits per heavy atom. The van der Waals surface area contributed by atoms with E-state index in [0.717, 1.165) is 72.2 Å². The van der Waals surface area contributed by atoms with Crippen LogP contribution < -0.4 is 0 Å². The maximum absolute atomic E-state index is 13.4. The normalized spacial score (nSPS) is 14.0. The van der Waals surface area contributed by atoms with Crippen molar-refractivity contribution in [2.75, 3.05) is 0 Å². The summed E-state index contributed by atoms with van der Waals surface area (Å²) in [4.78, 5) is 54.9. The first-order chi connectivity index (χ1) is 47.6. The van der Waals surface area contributed by atoms with E-state index in [2.05, 4.69) is 90.1 Å². The lowest BCUT2D eigenvalue weighted by atomic mass is 10.0. The number of ether oxygens (including phenoxy) is 2. The minimum absolute atomic E-state index is 0.356. The average molecular weight is 1420 g/mol. The average Bonchev–Trinajstić information content (AvgIpc) is 1.63. The zero-order chi connectivity index (χ0) is 67.3. The summed E-state index contributed by atoms with van der Waals surface area (Å²) in [6.45, 7) is 13.8. The van der Waals surface area contributed by atoms with Gasteiger partial charge in [-0.2, -0.15) is 0 Å². The number of unbranched alkanes of at least 4 members (excludes halogenated alkanes) is 18. The summed E-state index contributed by atoms with van der Waals surface area (Å²) in [5.74, 6) is -0.0606. The molecule has 0 atom stereocenters. The van der Waals surface area contributed by atoms with Gasteiger partial charge >= 0.3 is 11.9 Å². The monoisotopic (exact) mass is 1420 g/mol. The first kappa shape index (κ1) is 72.4. The van der Waals surface area contributed by atoms with Crippen LogP contribution in [-0.2, 0) is 57.6 Å². The van der Waals surface area contributed by atoms with Gasteiger partial charge in [-0.05, 0) is 195 Å². The van der Waals surface area contributed by atoms with Gasteiger partial charge in [0.25, 0.3) is 0 Å². The highest BCUT2D eigenvalue weighted by molar-refractivity contribution is 7.31. The number of nitrogens with zero attached hydrogens (tertiary/aromatic N) is 2. The molecule has 2 aliphatic heterocycles.